The maximum absolute atomic E-state index is 12.9. The zero-order valence-electron chi connectivity index (χ0n) is 17.0. The number of hydrogen-bond donors (Lipinski definition) is 1. The first-order chi connectivity index (χ1) is 14.8. The van der Waals surface area contributed by atoms with Crippen molar-refractivity contribution in [1.29, 1.82) is 0 Å². The summed E-state index contributed by atoms with van der Waals surface area (Å²) in [5.41, 5.74) is 6.33. The minimum absolute atomic E-state index is 0.0796. The third-order valence-corrected chi connectivity index (χ3v) is 6.14. The molecule has 1 atom stereocenters. The van der Waals surface area contributed by atoms with Gasteiger partial charge in [0, 0.05) is 6.42 Å². The number of nitrogens with one attached hydrogen (secondary N) is 1. The van der Waals surface area contributed by atoms with E-state index in [1.54, 1.807) is 0 Å². The van der Waals surface area contributed by atoms with Crippen LogP contribution < -0.4 is 5.32 Å². The van der Waals surface area contributed by atoms with Crippen LogP contribution in [0.3, 0.4) is 0 Å². The summed E-state index contributed by atoms with van der Waals surface area (Å²) in [6.45, 7) is 0. The molecule has 1 aliphatic rings. The van der Waals surface area contributed by atoms with Gasteiger partial charge in [-0.2, -0.15) is 0 Å². The van der Waals surface area contributed by atoms with Gasteiger partial charge in [-0.3, -0.25) is 4.79 Å². The van der Waals surface area contributed by atoms with Crippen molar-refractivity contribution in [2.24, 2.45) is 0 Å². The minimum atomic E-state index is -0.153. The van der Waals surface area contributed by atoms with Crippen LogP contribution in [-0.2, 0) is 24.1 Å². The van der Waals surface area contributed by atoms with Crippen LogP contribution in [0.1, 0.15) is 40.3 Å². The van der Waals surface area contributed by atoms with Crippen LogP contribution in [0.25, 0.3) is 10.8 Å². The smallest absolute Gasteiger partial charge is 0.221 e. The van der Waals surface area contributed by atoms with E-state index in [0.717, 1.165) is 24.8 Å². The summed E-state index contributed by atoms with van der Waals surface area (Å²) in [5, 5.41) is 5.98. The van der Waals surface area contributed by atoms with E-state index in [0.29, 0.717) is 6.42 Å². The van der Waals surface area contributed by atoms with Crippen molar-refractivity contribution in [2.75, 3.05) is 0 Å². The molecule has 2 heteroatoms. The van der Waals surface area contributed by atoms with Crippen molar-refractivity contribution in [2.45, 2.75) is 31.7 Å². The molecule has 0 spiro atoms. The maximum atomic E-state index is 12.9. The van der Waals surface area contributed by atoms with Gasteiger partial charge in [0.1, 0.15) is 0 Å². The van der Waals surface area contributed by atoms with Gasteiger partial charge < -0.3 is 5.32 Å². The molecule has 0 bridgehead atoms. The average Bonchev–Trinajstić information content (AvgIpc) is 3.23. The predicted molar refractivity (Wildman–Crippen MR) is 123 cm³/mol. The Morgan fingerprint density at radius 2 is 1.47 bits per heavy atom. The topological polar surface area (TPSA) is 29.1 Å². The van der Waals surface area contributed by atoms with Crippen LogP contribution in [0.5, 0.6) is 0 Å². The maximum Gasteiger partial charge on any atom is 0.221 e. The Balaban J connectivity index is 1.48. The molecule has 30 heavy (non-hydrogen) atoms. The van der Waals surface area contributed by atoms with E-state index in [-0.39, 0.29) is 11.9 Å². The summed E-state index contributed by atoms with van der Waals surface area (Å²) < 4.78 is 0. The molecule has 0 fully saturated rings. The fourth-order valence-electron chi connectivity index (χ4n) is 4.64. The molecule has 0 heterocycles. The molecule has 1 unspecified atom stereocenters. The zero-order chi connectivity index (χ0) is 20.3. The third-order valence-electron chi connectivity index (χ3n) is 6.14. The van der Waals surface area contributed by atoms with Crippen LogP contribution in [0.4, 0.5) is 0 Å². The highest BCUT2D eigenvalue weighted by Gasteiger charge is 2.22. The first-order valence-corrected chi connectivity index (χ1v) is 10.7. The molecule has 0 saturated heterocycles. The van der Waals surface area contributed by atoms with Crippen molar-refractivity contribution >= 4 is 16.7 Å². The number of carbonyl (C=O) groups excluding carboxylic acids is 1. The molecular weight excluding hydrogens is 366 g/mol. The number of benzene rings is 4. The molecule has 0 aliphatic heterocycles. The molecule has 1 N–H and O–H groups in total. The Kier molecular flexibility index (Phi) is 5.06. The van der Waals surface area contributed by atoms with E-state index in [4.69, 9.17) is 0 Å². The molecule has 4 aromatic carbocycles. The van der Waals surface area contributed by atoms with E-state index in [1.165, 1.54) is 33.0 Å². The summed E-state index contributed by atoms with van der Waals surface area (Å²) in [6, 6.07) is 31.4. The number of carbonyl (C=O) groups is 1. The number of rotatable bonds is 6. The monoisotopic (exact) mass is 391 g/mol. The lowest BCUT2D eigenvalue weighted by Crippen LogP contribution is -2.29. The molecule has 1 aliphatic carbocycles. The van der Waals surface area contributed by atoms with Gasteiger partial charge >= 0.3 is 0 Å². The third kappa shape index (κ3) is 3.61. The lowest BCUT2D eigenvalue weighted by atomic mass is 9.91. The summed E-state index contributed by atoms with van der Waals surface area (Å²) in [6.07, 6.45) is 3.44. The highest BCUT2D eigenvalue weighted by Crippen LogP contribution is 2.36. The van der Waals surface area contributed by atoms with Crippen molar-refractivity contribution in [3.63, 3.8) is 0 Å². The van der Waals surface area contributed by atoms with Crippen LogP contribution >= 0.6 is 0 Å². The van der Waals surface area contributed by atoms with Gasteiger partial charge in [0.05, 0.1) is 6.04 Å². The molecule has 148 valence electrons. The summed E-state index contributed by atoms with van der Waals surface area (Å²) in [7, 11) is 0. The van der Waals surface area contributed by atoms with Crippen molar-refractivity contribution < 1.29 is 4.79 Å². The second-order valence-electron chi connectivity index (χ2n) is 8.05. The summed E-state index contributed by atoms with van der Waals surface area (Å²) in [4.78, 5) is 12.9. The van der Waals surface area contributed by atoms with Crippen LogP contribution in [-0.4, -0.2) is 5.91 Å². The van der Waals surface area contributed by atoms with Crippen molar-refractivity contribution in [3.05, 3.63) is 119 Å². The van der Waals surface area contributed by atoms with Gasteiger partial charge in [0.2, 0.25) is 5.91 Å². The van der Waals surface area contributed by atoms with Crippen LogP contribution in [0.2, 0.25) is 0 Å². The molecule has 2 nitrogen and oxygen atoms in total. The molecule has 5 rings (SSSR count). The Labute approximate surface area is 177 Å². The Morgan fingerprint density at radius 3 is 2.23 bits per heavy atom. The van der Waals surface area contributed by atoms with Gasteiger partial charge in [0.25, 0.3) is 0 Å². The number of hydrogen-bond acceptors (Lipinski definition) is 1. The lowest BCUT2D eigenvalue weighted by Gasteiger charge is -2.22. The van der Waals surface area contributed by atoms with E-state index in [2.05, 4.69) is 59.9 Å². The first kappa shape index (κ1) is 18.6. The Bertz CT molecular complexity index is 1170. The molecule has 0 aromatic heterocycles. The zero-order valence-corrected chi connectivity index (χ0v) is 17.0. The minimum Gasteiger partial charge on any atom is -0.345 e. The van der Waals surface area contributed by atoms with Gasteiger partial charge in [-0.15, -0.1) is 0 Å². The molecule has 0 saturated carbocycles. The van der Waals surface area contributed by atoms with Gasteiger partial charge in [-0.25, -0.2) is 0 Å². The van der Waals surface area contributed by atoms with Gasteiger partial charge in [0.15, 0.2) is 0 Å². The van der Waals surface area contributed by atoms with E-state index >= 15 is 0 Å². The predicted octanol–water partition coefficient (Wildman–Crippen LogP) is 5.78. The fourth-order valence-corrected chi connectivity index (χ4v) is 4.64. The second-order valence-corrected chi connectivity index (χ2v) is 8.05. The highest BCUT2D eigenvalue weighted by molar-refractivity contribution is 5.94. The van der Waals surface area contributed by atoms with Crippen LogP contribution in [0.15, 0.2) is 91.0 Å². The SMILES string of the molecule is O=C(CCc1ccccc1)NC(c1ccccc1)c1ccc2c3c(cccc13)CC2. The van der Waals surface area contributed by atoms with Crippen molar-refractivity contribution in [3.8, 4) is 0 Å². The standard InChI is InChI=1S/C28H25NO/c30-26(19-14-20-8-3-1-4-9-20)29-28(23-10-5-2-6-11-23)25-18-17-22-16-15-21-12-7-13-24(25)27(21)22/h1-13,17-18,28H,14-16,19H2,(H,29,30). The average molecular weight is 392 g/mol. The Hall–Kier alpha value is -3.39. The molecule has 1 amide bonds. The normalized spacial score (nSPS) is 13.3. The quantitative estimate of drug-likeness (QED) is 0.444. The fraction of sp³-hybridized carbons (Fsp3) is 0.179. The summed E-state index contributed by atoms with van der Waals surface area (Å²) >= 11 is 0. The molecule has 4 aromatic rings. The lowest BCUT2D eigenvalue weighted by molar-refractivity contribution is -0.121. The number of aryl methyl sites for hydroxylation is 3. The van der Waals surface area contributed by atoms with E-state index in [9.17, 15) is 4.79 Å². The highest BCUT2D eigenvalue weighted by atomic mass is 16.1. The van der Waals surface area contributed by atoms with Gasteiger partial charge in [-0.1, -0.05) is 91.0 Å². The molecule has 0 radical (unpaired) electrons. The summed E-state index contributed by atoms with van der Waals surface area (Å²) in [5.74, 6) is 0.0796. The second kappa shape index (κ2) is 8.16. The number of amides is 1. The first-order valence-electron chi connectivity index (χ1n) is 10.7. The Morgan fingerprint density at radius 1 is 0.767 bits per heavy atom. The van der Waals surface area contributed by atoms with Crippen molar-refractivity contribution in [1.82, 2.24) is 5.32 Å². The molecular formula is C28H25NO. The van der Waals surface area contributed by atoms with Crippen LogP contribution in [0, 0.1) is 0 Å². The van der Waals surface area contributed by atoms with E-state index in [1.807, 2.05) is 36.4 Å². The van der Waals surface area contributed by atoms with E-state index < -0.39 is 0 Å². The largest absolute Gasteiger partial charge is 0.345 e. The van der Waals surface area contributed by atoms with Gasteiger partial charge in [-0.05, 0) is 57.9 Å².